The van der Waals surface area contributed by atoms with Crippen molar-refractivity contribution in [2.75, 3.05) is 17.8 Å². The minimum absolute atomic E-state index is 0.0313. The first-order valence-corrected chi connectivity index (χ1v) is 9.67. The van der Waals surface area contributed by atoms with E-state index in [9.17, 15) is 13.2 Å². The molecule has 25 heavy (non-hydrogen) atoms. The van der Waals surface area contributed by atoms with Crippen LogP contribution in [-0.2, 0) is 21.2 Å². The van der Waals surface area contributed by atoms with Gasteiger partial charge in [-0.3, -0.25) is 9.52 Å². The summed E-state index contributed by atoms with van der Waals surface area (Å²) in [6.45, 7) is 6.93. The minimum atomic E-state index is -3.71. The van der Waals surface area contributed by atoms with Crippen LogP contribution in [0.25, 0.3) is 0 Å². The summed E-state index contributed by atoms with van der Waals surface area (Å²) in [5.74, 6) is 0.169. The molecule has 2 rings (SSSR count). The number of nitrogens with one attached hydrogen (secondary N) is 1. The van der Waals surface area contributed by atoms with Gasteiger partial charge in [0.25, 0.3) is 10.0 Å². The average Bonchev–Trinajstić information content (AvgIpc) is 2.56. The molecule has 1 heterocycles. The molecule has 1 aromatic carbocycles. The maximum atomic E-state index is 12.5. The number of nitrogens with zero attached hydrogens (tertiary/aromatic N) is 2. The van der Waals surface area contributed by atoms with E-state index >= 15 is 0 Å². The fourth-order valence-corrected chi connectivity index (χ4v) is 3.56. The van der Waals surface area contributed by atoms with Crippen molar-refractivity contribution in [3.63, 3.8) is 0 Å². The Morgan fingerprint density at radius 3 is 2.44 bits per heavy atom. The van der Waals surface area contributed by atoms with Gasteiger partial charge in [0.1, 0.15) is 5.82 Å². The second kappa shape index (κ2) is 8.11. The third-order valence-electron chi connectivity index (χ3n) is 3.79. The first-order valence-electron chi connectivity index (χ1n) is 8.19. The van der Waals surface area contributed by atoms with Gasteiger partial charge in [0.05, 0.1) is 17.0 Å². The first kappa shape index (κ1) is 18.9. The van der Waals surface area contributed by atoms with Gasteiger partial charge >= 0.3 is 0 Å². The number of rotatable bonds is 7. The largest absolute Gasteiger partial charge is 0.343 e. The molecule has 1 amide bonds. The van der Waals surface area contributed by atoms with Crippen LogP contribution in [0.4, 0.5) is 5.82 Å². The van der Waals surface area contributed by atoms with E-state index in [0.29, 0.717) is 18.8 Å². The molecule has 0 saturated carbocycles. The Kier molecular flexibility index (Phi) is 6.14. The van der Waals surface area contributed by atoms with Crippen LogP contribution in [-0.4, -0.2) is 37.3 Å². The SMILES string of the molecule is CCN(CC)C(=O)Cc1cccc(NS(=O)(=O)c2cccc(C)c2)n1. The lowest BCUT2D eigenvalue weighted by Gasteiger charge is -2.18. The molecule has 0 atom stereocenters. The fourth-order valence-electron chi connectivity index (χ4n) is 2.46. The van der Waals surface area contributed by atoms with Crippen LogP contribution >= 0.6 is 0 Å². The summed E-state index contributed by atoms with van der Waals surface area (Å²) in [4.78, 5) is 18.3. The summed E-state index contributed by atoms with van der Waals surface area (Å²) in [6.07, 6.45) is 0.141. The molecule has 1 N–H and O–H groups in total. The Labute approximate surface area is 148 Å². The standard InChI is InChI=1S/C18H23N3O3S/c1-4-21(5-2)18(22)13-15-9-7-11-17(19-15)20-25(23,24)16-10-6-8-14(3)12-16/h6-12H,4-5,13H2,1-3H3,(H,19,20). The molecule has 134 valence electrons. The number of aryl methyl sites for hydroxylation is 1. The lowest BCUT2D eigenvalue weighted by molar-refractivity contribution is -0.130. The van der Waals surface area contributed by atoms with Gasteiger partial charge in [-0.1, -0.05) is 18.2 Å². The monoisotopic (exact) mass is 361 g/mol. The summed E-state index contributed by atoms with van der Waals surface area (Å²) in [5, 5.41) is 0. The van der Waals surface area contributed by atoms with Gasteiger partial charge in [-0.15, -0.1) is 0 Å². The first-order chi connectivity index (χ1) is 11.9. The zero-order valence-electron chi connectivity index (χ0n) is 14.7. The molecule has 0 radical (unpaired) electrons. The van der Waals surface area contributed by atoms with Crippen molar-refractivity contribution in [2.45, 2.75) is 32.1 Å². The molecule has 0 unspecified atom stereocenters. The Morgan fingerprint density at radius 1 is 1.12 bits per heavy atom. The van der Waals surface area contributed by atoms with Gasteiger partial charge in [-0.05, 0) is 50.6 Å². The van der Waals surface area contributed by atoms with Gasteiger partial charge in [0.15, 0.2) is 0 Å². The lowest BCUT2D eigenvalue weighted by atomic mass is 10.2. The number of hydrogen-bond acceptors (Lipinski definition) is 4. The molecule has 0 aliphatic rings. The number of sulfonamides is 1. The van der Waals surface area contributed by atoms with Crippen molar-refractivity contribution in [1.82, 2.24) is 9.88 Å². The molecule has 2 aromatic rings. The summed E-state index contributed by atoms with van der Waals surface area (Å²) < 4.78 is 27.4. The van der Waals surface area contributed by atoms with E-state index < -0.39 is 10.0 Å². The van der Waals surface area contributed by atoms with E-state index in [1.807, 2.05) is 26.8 Å². The average molecular weight is 361 g/mol. The molecule has 0 aliphatic carbocycles. The second-order valence-electron chi connectivity index (χ2n) is 5.68. The zero-order valence-corrected chi connectivity index (χ0v) is 15.5. The molecule has 6 nitrogen and oxygen atoms in total. The van der Waals surface area contributed by atoms with Crippen molar-refractivity contribution in [3.8, 4) is 0 Å². The smallest absolute Gasteiger partial charge is 0.263 e. The molecule has 7 heteroatoms. The van der Waals surface area contributed by atoms with E-state index in [-0.39, 0.29) is 23.0 Å². The van der Waals surface area contributed by atoms with Crippen molar-refractivity contribution < 1.29 is 13.2 Å². The summed E-state index contributed by atoms with van der Waals surface area (Å²) in [6, 6.07) is 11.6. The van der Waals surface area contributed by atoms with E-state index in [1.54, 1.807) is 35.2 Å². The van der Waals surface area contributed by atoms with Crippen LogP contribution in [0.15, 0.2) is 47.4 Å². The van der Waals surface area contributed by atoms with Crippen LogP contribution in [0.2, 0.25) is 0 Å². The molecular weight excluding hydrogens is 338 g/mol. The van der Waals surface area contributed by atoms with Crippen LogP contribution in [0.5, 0.6) is 0 Å². The van der Waals surface area contributed by atoms with E-state index in [2.05, 4.69) is 9.71 Å². The maximum Gasteiger partial charge on any atom is 0.263 e. The predicted molar refractivity (Wildman–Crippen MR) is 97.9 cm³/mol. The van der Waals surface area contributed by atoms with Crippen LogP contribution in [0.3, 0.4) is 0 Å². The highest BCUT2D eigenvalue weighted by Crippen LogP contribution is 2.16. The van der Waals surface area contributed by atoms with Crippen molar-refractivity contribution >= 4 is 21.7 Å². The lowest BCUT2D eigenvalue weighted by Crippen LogP contribution is -2.32. The second-order valence-corrected chi connectivity index (χ2v) is 7.36. The van der Waals surface area contributed by atoms with Gasteiger partial charge in [0, 0.05) is 13.1 Å². The van der Waals surface area contributed by atoms with Crippen LogP contribution in [0, 0.1) is 6.92 Å². The third-order valence-corrected chi connectivity index (χ3v) is 5.15. The minimum Gasteiger partial charge on any atom is -0.343 e. The molecule has 1 aromatic heterocycles. The number of benzene rings is 1. The van der Waals surface area contributed by atoms with Crippen molar-refractivity contribution in [3.05, 3.63) is 53.7 Å². The number of likely N-dealkylation sites (N-methyl/N-ethyl adjacent to an activating group) is 1. The van der Waals surface area contributed by atoms with Gasteiger partial charge < -0.3 is 4.90 Å². The Balaban J connectivity index is 2.17. The Hall–Kier alpha value is -2.41. The molecule has 0 saturated heterocycles. The molecule has 0 bridgehead atoms. The van der Waals surface area contributed by atoms with E-state index in [0.717, 1.165) is 5.56 Å². The van der Waals surface area contributed by atoms with Gasteiger partial charge in [0.2, 0.25) is 5.91 Å². The molecule has 0 aliphatic heterocycles. The summed E-state index contributed by atoms with van der Waals surface area (Å²) in [5.41, 5.74) is 1.38. The fraction of sp³-hybridized carbons (Fsp3) is 0.333. The van der Waals surface area contributed by atoms with Gasteiger partial charge in [-0.2, -0.15) is 0 Å². The highest BCUT2D eigenvalue weighted by molar-refractivity contribution is 7.92. The number of carbonyl (C=O) groups excluding carboxylic acids is 1. The number of carbonyl (C=O) groups is 1. The quantitative estimate of drug-likeness (QED) is 0.822. The van der Waals surface area contributed by atoms with Crippen LogP contribution < -0.4 is 4.72 Å². The molecule has 0 fully saturated rings. The van der Waals surface area contributed by atoms with E-state index in [4.69, 9.17) is 0 Å². The topological polar surface area (TPSA) is 79.4 Å². The highest BCUT2D eigenvalue weighted by atomic mass is 32.2. The number of amides is 1. The maximum absolute atomic E-state index is 12.5. The summed E-state index contributed by atoms with van der Waals surface area (Å²) in [7, 11) is -3.71. The number of pyridine rings is 1. The predicted octanol–water partition coefficient (Wildman–Crippen LogP) is 2.60. The van der Waals surface area contributed by atoms with Crippen molar-refractivity contribution in [1.29, 1.82) is 0 Å². The van der Waals surface area contributed by atoms with Crippen molar-refractivity contribution in [2.24, 2.45) is 0 Å². The number of aromatic nitrogens is 1. The highest BCUT2D eigenvalue weighted by Gasteiger charge is 2.16. The molecular formula is C18H23N3O3S. The van der Waals surface area contributed by atoms with Crippen LogP contribution in [0.1, 0.15) is 25.1 Å². The number of hydrogen-bond donors (Lipinski definition) is 1. The number of anilines is 1. The Bertz CT molecular complexity index is 846. The third kappa shape index (κ3) is 5.03. The van der Waals surface area contributed by atoms with Gasteiger partial charge in [-0.25, -0.2) is 13.4 Å². The normalized spacial score (nSPS) is 11.2. The summed E-state index contributed by atoms with van der Waals surface area (Å²) >= 11 is 0. The molecule has 0 spiro atoms. The Morgan fingerprint density at radius 2 is 1.80 bits per heavy atom. The van der Waals surface area contributed by atoms with E-state index in [1.165, 1.54) is 6.07 Å². The zero-order chi connectivity index (χ0) is 18.4.